The maximum atomic E-state index is 12.7. The number of rotatable bonds is 3. The Hall–Kier alpha value is -2.54. The zero-order chi connectivity index (χ0) is 18.2. The van der Waals surface area contributed by atoms with Crippen molar-refractivity contribution in [1.29, 1.82) is 0 Å². The van der Waals surface area contributed by atoms with E-state index in [0.717, 1.165) is 17.5 Å². The first-order valence-electron chi connectivity index (χ1n) is 7.98. The van der Waals surface area contributed by atoms with Crippen molar-refractivity contribution in [3.05, 3.63) is 53.6 Å². The van der Waals surface area contributed by atoms with E-state index in [-0.39, 0.29) is 21.5 Å². The van der Waals surface area contributed by atoms with Crippen molar-refractivity contribution in [3.8, 4) is 5.75 Å². The van der Waals surface area contributed by atoms with Crippen molar-refractivity contribution in [3.63, 3.8) is 0 Å². The number of amides is 2. The number of aryl methyl sites for hydroxylation is 1. The number of likely N-dealkylation sites (tertiary alicyclic amines) is 1. The molecule has 1 atom stereocenters. The quantitative estimate of drug-likeness (QED) is 0.877. The van der Waals surface area contributed by atoms with Crippen molar-refractivity contribution < 1.29 is 18.3 Å². The maximum absolute atomic E-state index is 12.7. The topological polar surface area (TPSA) is 101 Å². The molecule has 0 bridgehead atoms. The summed E-state index contributed by atoms with van der Waals surface area (Å²) in [6, 6.07) is 10.1. The largest absolute Gasteiger partial charge is 0.508 e. The number of aromatic hydroxyl groups is 1. The molecule has 2 amide bonds. The van der Waals surface area contributed by atoms with Crippen molar-refractivity contribution in [2.24, 2.45) is 5.73 Å². The number of urea groups is 1. The summed E-state index contributed by atoms with van der Waals surface area (Å²) in [6.07, 6.45) is 0.813. The molecule has 0 aromatic heterocycles. The predicted octanol–water partition coefficient (Wildman–Crippen LogP) is 2.40. The van der Waals surface area contributed by atoms with Gasteiger partial charge in [0.2, 0.25) is 9.84 Å². The van der Waals surface area contributed by atoms with Gasteiger partial charge in [-0.3, -0.25) is 0 Å². The molecule has 1 fully saturated rings. The number of hydrogen-bond donors (Lipinski definition) is 2. The first-order valence-corrected chi connectivity index (χ1v) is 9.46. The Labute approximate surface area is 146 Å². The Morgan fingerprint density at radius 3 is 2.36 bits per heavy atom. The maximum Gasteiger partial charge on any atom is 0.314 e. The molecule has 0 spiro atoms. The number of phenols is 1. The number of carbonyl (C=O) groups excluding carboxylic acids is 1. The SMILES string of the molecule is Cc1cc(S(=O)(=O)c2ccc(O)cc2)ccc1C1CCN(C(N)=O)C1. The molecule has 1 unspecified atom stereocenters. The molecule has 7 heteroatoms. The van der Waals surface area contributed by atoms with Gasteiger partial charge < -0.3 is 15.7 Å². The number of benzene rings is 2. The van der Waals surface area contributed by atoms with Crippen LogP contribution >= 0.6 is 0 Å². The van der Waals surface area contributed by atoms with Crippen LogP contribution in [-0.4, -0.2) is 37.5 Å². The first kappa shape index (κ1) is 17.3. The summed E-state index contributed by atoms with van der Waals surface area (Å²) in [7, 11) is -3.64. The van der Waals surface area contributed by atoms with E-state index >= 15 is 0 Å². The molecular weight excluding hydrogens is 340 g/mol. The second-order valence-electron chi connectivity index (χ2n) is 6.29. The number of phenolic OH excluding ortho intramolecular Hbond substituents is 1. The van der Waals surface area contributed by atoms with E-state index < -0.39 is 15.9 Å². The molecule has 0 aliphatic carbocycles. The van der Waals surface area contributed by atoms with Gasteiger partial charge in [-0.2, -0.15) is 0 Å². The average molecular weight is 360 g/mol. The zero-order valence-electron chi connectivity index (χ0n) is 13.8. The van der Waals surface area contributed by atoms with Crippen LogP contribution in [-0.2, 0) is 9.84 Å². The number of hydrogen-bond acceptors (Lipinski definition) is 4. The van der Waals surface area contributed by atoms with E-state index in [1.807, 2.05) is 13.0 Å². The second-order valence-corrected chi connectivity index (χ2v) is 8.24. The zero-order valence-corrected chi connectivity index (χ0v) is 14.7. The van der Waals surface area contributed by atoms with E-state index in [2.05, 4.69) is 0 Å². The normalized spacial score (nSPS) is 17.6. The summed E-state index contributed by atoms with van der Waals surface area (Å²) in [6.45, 7) is 3.05. The summed E-state index contributed by atoms with van der Waals surface area (Å²) in [4.78, 5) is 13.2. The monoisotopic (exact) mass is 360 g/mol. The fourth-order valence-corrected chi connectivity index (χ4v) is 4.59. The molecule has 1 aliphatic rings. The Balaban J connectivity index is 1.89. The third-order valence-electron chi connectivity index (χ3n) is 4.64. The molecule has 1 aliphatic heterocycles. The predicted molar refractivity (Wildman–Crippen MR) is 93.3 cm³/mol. The van der Waals surface area contributed by atoms with Gasteiger partial charge in [-0.1, -0.05) is 6.07 Å². The van der Waals surface area contributed by atoms with E-state index in [1.165, 1.54) is 24.3 Å². The standard InChI is InChI=1S/C18H20N2O4S/c1-12-10-16(25(23,24)15-4-2-14(21)3-5-15)6-7-17(12)13-8-9-20(11-13)18(19)22/h2-7,10,13,21H,8-9,11H2,1H3,(H2,19,22). The van der Waals surface area contributed by atoms with Gasteiger partial charge in [0.1, 0.15) is 5.75 Å². The summed E-state index contributed by atoms with van der Waals surface area (Å²) in [5.74, 6) is 0.184. The third kappa shape index (κ3) is 3.32. The number of nitrogens with zero attached hydrogens (tertiary/aromatic N) is 1. The van der Waals surface area contributed by atoms with Crippen molar-refractivity contribution >= 4 is 15.9 Å². The van der Waals surface area contributed by atoms with Gasteiger partial charge >= 0.3 is 6.03 Å². The molecule has 2 aromatic rings. The van der Waals surface area contributed by atoms with Crippen LogP contribution in [0.1, 0.15) is 23.5 Å². The molecule has 2 aromatic carbocycles. The van der Waals surface area contributed by atoms with Crippen molar-refractivity contribution in [2.45, 2.75) is 29.1 Å². The lowest BCUT2D eigenvalue weighted by atomic mass is 9.94. The van der Waals surface area contributed by atoms with E-state index in [0.29, 0.717) is 13.1 Å². The summed E-state index contributed by atoms with van der Waals surface area (Å²) in [5, 5.41) is 9.32. The van der Waals surface area contributed by atoms with Crippen LogP contribution in [0.15, 0.2) is 52.3 Å². The third-order valence-corrected chi connectivity index (χ3v) is 6.41. The fourth-order valence-electron chi connectivity index (χ4n) is 3.25. The minimum Gasteiger partial charge on any atom is -0.508 e. The van der Waals surface area contributed by atoms with Gasteiger partial charge in [0.25, 0.3) is 0 Å². The van der Waals surface area contributed by atoms with Crippen molar-refractivity contribution in [1.82, 2.24) is 4.90 Å². The smallest absolute Gasteiger partial charge is 0.314 e. The average Bonchev–Trinajstić information content (AvgIpc) is 3.05. The second kappa shape index (κ2) is 6.40. The Bertz CT molecular complexity index is 907. The molecule has 132 valence electrons. The molecule has 1 saturated heterocycles. The molecule has 3 N–H and O–H groups in total. The Morgan fingerprint density at radius 1 is 1.16 bits per heavy atom. The first-order chi connectivity index (χ1) is 11.8. The Morgan fingerprint density at radius 2 is 1.80 bits per heavy atom. The van der Waals surface area contributed by atoms with E-state index in [4.69, 9.17) is 5.73 Å². The number of sulfone groups is 1. The lowest BCUT2D eigenvalue weighted by Gasteiger charge is -2.16. The molecule has 25 heavy (non-hydrogen) atoms. The molecule has 6 nitrogen and oxygen atoms in total. The highest BCUT2D eigenvalue weighted by molar-refractivity contribution is 7.91. The van der Waals surface area contributed by atoms with Crippen LogP contribution in [0.5, 0.6) is 5.75 Å². The summed E-state index contributed by atoms with van der Waals surface area (Å²) in [5.41, 5.74) is 7.23. The molecule has 1 heterocycles. The van der Waals surface area contributed by atoms with Crippen LogP contribution in [0, 0.1) is 6.92 Å². The lowest BCUT2D eigenvalue weighted by molar-refractivity contribution is 0.218. The van der Waals surface area contributed by atoms with Gasteiger partial charge in [0.15, 0.2) is 0 Å². The molecule has 0 saturated carbocycles. The number of carbonyl (C=O) groups is 1. The van der Waals surface area contributed by atoms with Gasteiger partial charge in [-0.05, 0) is 60.9 Å². The van der Waals surface area contributed by atoms with Crippen LogP contribution < -0.4 is 5.73 Å². The van der Waals surface area contributed by atoms with Crippen LogP contribution in [0.3, 0.4) is 0 Å². The molecule has 0 radical (unpaired) electrons. The van der Waals surface area contributed by atoms with E-state index in [1.54, 1.807) is 17.0 Å². The van der Waals surface area contributed by atoms with Gasteiger partial charge in [-0.15, -0.1) is 0 Å². The lowest BCUT2D eigenvalue weighted by Crippen LogP contribution is -2.33. The van der Waals surface area contributed by atoms with E-state index in [9.17, 15) is 18.3 Å². The van der Waals surface area contributed by atoms with Crippen molar-refractivity contribution in [2.75, 3.05) is 13.1 Å². The number of primary amides is 1. The highest BCUT2D eigenvalue weighted by Gasteiger charge is 2.27. The van der Waals surface area contributed by atoms with Crippen LogP contribution in [0.2, 0.25) is 0 Å². The Kier molecular flexibility index (Phi) is 4.43. The van der Waals surface area contributed by atoms with Crippen LogP contribution in [0.4, 0.5) is 4.79 Å². The molecular formula is C18H20N2O4S. The minimum atomic E-state index is -3.64. The highest BCUT2D eigenvalue weighted by atomic mass is 32.2. The number of nitrogens with two attached hydrogens (primary N) is 1. The fraction of sp³-hybridized carbons (Fsp3) is 0.278. The summed E-state index contributed by atoms with van der Waals surface area (Å²) >= 11 is 0. The van der Waals surface area contributed by atoms with Gasteiger partial charge in [-0.25, -0.2) is 13.2 Å². The van der Waals surface area contributed by atoms with Crippen LogP contribution in [0.25, 0.3) is 0 Å². The minimum absolute atomic E-state index is 0.0192. The van der Waals surface area contributed by atoms with Gasteiger partial charge in [0, 0.05) is 19.0 Å². The van der Waals surface area contributed by atoms with Gasteiger partial charge in [0.05, 0.1) is 9.79 Å². The summed E-state index contributed by atoms with van der Waals surface area (Å²) < 4.78 is 25.4. The molecule has 3 rings (SSSR count). The highest BCUT2D eigenvalue weighted by Crippen LogP contribution is 2.32.